The van der Waals surface area contributed by atoms with Crippen LogP contribution in [0.25, 0.3) is 0 Å². The van der Waals surface area contributed by atoms with E-state index < -0.39 is 0 Å². The fourth-order valence-corrected chi connectivity index (χ4v) is 0.573. The Morgan fingerprint density at radius 2 is 2.33 bits per heavy atom. The Balaban J connectivity index is 3.99. The Hall–Kier alpha value is -1.12. The zero-order chi connectivity index (χ0) is 9.40. The van der Waals surface area contributed by atoms with Gasteiger partial charge in [0.05, 0.1) is 0 Å². The molecule has 2 N–H and O–H groups in total. The summed E-state index contributed by atoms with van der Waals surface area (Å²) in [5.41, 5.74) is 5.02. The van der Waals surface area contributed by atoms with E-state index in [0.29, 0.717) is 0 Å². The molecule has 0 rings (SSSR count). The van der Waals surface area contributed by atoms with Crippen molar-refractivity contribution in [2.24, 2.45) is 16.6 Å². The Morgan fingerprint density at radius 3 is 2.83 bits per heavy atom. The summed E-state index contributed by atoms with van der Waals surface area (Å²) in [5.74, 6) is -0.176. The lowest BCUT2D eigenvalue weighted by Gasteiger charge is -2.02. The van der Waals surface area contributed by atoms with Crippen LogP contribution in [0.2, 0.25) is 0 Å². The van der Waals surface area contributed by atoms with Gasteiger partial charge in [0.15, 0.2) is 0 Å². The molecule has 1 atom stereocenters. The van der Waals surface area contributed by atoms with Crippen molar-refractivity contribution in [3.63, 3.8) is 0 Å². The number of hydrogen-bond acceptors (Lipinski definition) is 2. The highest BCUT2D eigenvalue weighted by Crippen LogP contribution is 2.13. The van der Waals surface area contributed by atoms with Gasteiger partial charge < -0.3 is 5.73 Å². The van der Waals surface area contributed by atoms with Gasteiger partial charge in [-0.25, -0.2) is 4.39 Å². The molecule has 0 aromatic carbocycles. The summed E-state index contributed by atoms with van der Waals surface area (Å²) in [6, 6.07) is 0. The van der Waals surface area contributed by atoms with Gasteiger partial charge >= 0.3 is 0 Å². The predicted octanol–water partition coefficient (Wildman–Crippen LogP) is 2.39. The lowest BCUT2D eigenvalue weighted by molar-refractivity contribution is 0.484. The molecule has 12 heavy (non-hydrogen) atoms. The Kier molecular flexibility index (Phi) is 5.97. The van der Waals surface area contributed by atoms with Gasteiger partial charge in [0.25, 0.3) is 0 Å². The van der Waals surface area contributed by atoms with E-state index in [0.717, 1.165) is 6.42 Å². The highest BCUT2D eigenvalue weighted by atomic mass is 19.1. The third-order valence-corrected chi connectivity index (χ3v) is 1.58. The molecule has 0 aliphatic rings. The molecule has 0 bridgehead atoms. The first-order valence-electron chi connectivity index (χ1n) is 3.98. The number of aliphatic imine (C=N–C) groups is 1. The second kappa shape index (κ2) is 6.58. The van der Waals surface area contributed by atoms with Crippen LogP contribution in [-0.4, -0.2) is 6.21 Å². The van der Waals surface area contributed by atoms with Gasteiger partial charge in [-0.1, -0.05) is 13.8 Å². The predicted molar refractivity (Wildman–Crippen MR) is 50.5 cm³/mol. The van der Waals surface area contributed by atoms with Gasteiger partial charge in [-0.3, -0.25) is 4.99 Å². The SMILES string of the molecule is CCC(C)/C(F)=C/C=N/C=C/N. The van der Waals surface area contributed by atoms with Crippen molar-refractivity contribution in [1.82, 2.24) is 0 Å². The van der Waals surface area contributed by atoms with Crippen molar-refractivity contribution in [3.05, 3.63) is 24.3 Å². The first-order valence-corrected chi connectivity index (χ1v) is 3.98. The van der Waals surface area contributed by atoms with Crippen molar-refractivity contribution in [1.29, 1.82) is 0 Å². The molecular formula is C9H15FN2. The van der Waals surface area contributed by atoms with E-state index in [-0.39, 0.29) is 11.7 Å². The summed E-state index contributed by atoms with van der Waals surface area (Å²) >= 11 is 0. The number of nitrogens with zero attached hydrogens (tertiary/aromatic N) is 1. The standard InChI is InChI=1S/C9H15FN2/c1-3-8(2)9(10)4-6-12-7-5-11/h4-8H,3,11H2,1-2H3/b7-5+,9-4-,12-6+. The van der Waals surface area contributed by atoms with Crippen LogP contribution in [0.1, 0.15) is 20.3 Å². The number of nitrogens with two attached hydrogens (primary N) is 1. The van der Waals surface area contributed by atoms with E-state index in [1.54, 1.807) is 0 Å². The van der Waals surface area contributed by atoms with Crippen LogP contribution in [-0.2, 0) is 0 Å². The Labute approximate surface area is 72.7 Å². The second-order valence-corrected chi connectivity index (χ2v) is 2.50. The second-order valence-electron chi connectivity index (χ2n) is 2.50. The maximum absolute atomic E-state index is 12.9. The lowest BCUT2D eigenvalue weighted by Crippen LogP contribution is -1.91. The molecule has 0 aromatic rings. The van der Waals surface area contributed by atoms with E-state index in [4.69, 9.17) is 5.73 Å². The molecule has 0 heterocycles. The van der Waals surface area contributed by atoms with E-state index in [1.807, 2.05) is 13.8 Å². The fraction of sp³-hybridized carbons (Fsp3) is 0.444. The third-order valence-electron chi connectivity index (χ3n) is 1.58. The lowest BCUT2D eigenvalue weighted by atomic mass is 10.1. The zero-order valence-electron chi connectivity index (χ0n) is 7.50. The summed E-state index contributed by atoms with van der Waals surface area (Å²) < 4.78 is 12.9. The molecule has 0 saturated heterocycles. The van der Waals surface area contributed by atoms with E-state index in [9.17, 15) is 4.39 Å². The third kappa shape index (κ3) is 4.66. The molecule has 0 saturated carbocycles. The molecule has 1 unspecified atom stereocenters. The molecule has 68 valence electrons. The summed E-state index contributed by atoms with van der Waals surface area (Å²) in [4.78, 5) is 3.70. The van der Waals surface area contributed by atoms with Crippen molar-refractivity contribution >= 4 is 6.21 Å². The molecule has 0 radical (unpaired) electrons. The maximum Gasteiger partial charge on any atom is 0.104 e. The monoisotopic (exact) mass is 170 g/mol. The van der Waals surface area contributed by atoms with Gasteiger partial charge in [-0.2, -0.15) is 0 Å². The minimum Gasteiger partial charge on any atom is -0.403 e. The first kappa shape index (κ1) is 10.9. The topological polar surface area (TPSA) is 38.4 Å². The fourth-order valence-electron chi connectivity index (χ4n) is 0.573. The van der Waals surface area contributed by atoms with Crippen LogP contribution in [0.3, 0.4) is 0 Å². The van der Waals surface area contributed by atoms with Crippen LogP contribution >= 0.6 is 0 Å². The van der Waals surface area contributed by atoms with Crippen molar-refractivity contribution in [3.8, 4) is 0 Å². The first-order chi connectivity index (χ1) is 5.72. The molecular weight excluding hydrogens is 155 g/mol. The average molecular weight is 170 g/mol. The summed E-state index contributed by atoms with van der Waals surface area (Å²) in [6.45, 7) is 3.77. The Morgan fingerprint density at radius 1 is 1.67 bits per heavy atom. The van der Waals surface area contributed by atoms with Crippen molar-refractivity contribution in [2.75, 3.05) is 0 Å². The van der Waals surface area contributed by atoms with Crippen molar-refractivity contribution < 1.29 is 4.39 Å². The number of hydrogen-bond donors (Lipinski definition) is 1. The molecule has 3 heteroatoms. The molecule has 0 aromatic heterocycles. The van der Waals surface area contributed by atoms with Gasteiger partial charge in [-0.05, 0) is 12.5 Å². The van der Waals surface area contributed by atoms with Gasteiger partial charge in [0.1, 0.15) is 5.83 Å². The number of halogens is 1. The average Bonchev–Trinajstić information content (AvgIpc) is 2.10. The van der Waals surface area contributed by atoms with Gasteiger partial charge in [-0.15, -0.1) is 0 Å². The summed E-state index contributed by atoms with van der Waals surface area (Å²) in [6.07, 6.45) is 6.24. The molecule has 0 fully saturated rings. The highest BCUT2D eigenvalue weighted by molar-refractivity contribution is 5.72. The van der Waals surface area contributed by atoms with Gasteiger partial charge in [0, 0.05) is 24.5 Å². The van der Waals surface area contributed by atoms with Crippen LogP contribution in [0.5, 0.6) is 0 Å². The van der Waals surface area contributed by atoms with Crippen LogP contribution < -0.4 is 5.73 Å². The van der Waals surface area contributed by atoms with Gasteiger partial charge in [0.2, 0.25) is 0 Å². The summed E-state index contributed by atoms with van der Waals surface area (Å²) in [7, 11) is 0. The van der Waals surface area contributed by atoms with Crippen LogP contribution in [0.4, 0.5) is 4.39 Å². The quantitative estimate of drug-likeness (QED) is 0.646. The molecule has 0 aliphatic heterocycles. The van der Waals surface area contributed by atoms with E-state index in [2.05, 4.69) is 4.99 Å². The Bertz CT molecular complexity index is 195. The highest BCUT2D eigenvalue weighted by Gasteiger charge is 2.02. The maximum atomic E-state index is 12.9. The van der Waals surface area contributed by atoms with E-state index in [1.165, 1.54) is 24.7 Å². The number of allylic oxidation sites excluding steroid dienone is 2. The van der Waals surface area contributed by atoms with E-state index >= 15 is 0 Å². The van der Waals surface area contributed by atoms with Crippen LogP contribution in [0.15, 0.2) is 29.3 Å². The number of rotatable bonds is 4. The minimum atomic E-state index is -0.147. The summed E-state index contributed by atoms with van der Waals surface area (Å²) in [5, 5.41) is 0. The van der Waals surface area contributed by atoms with Crippen molar-refractivity contribution in [2.45, 2.75) is 20.3 Å². The smallest absolute Gasteiger partial charge is 0.104 e. The molecule has 0 spiro atoms. The molecule has 0 amide bonds. The molecule has 2 nitrogen and oxygen atoms in total. The largest absolute Gasteiger partial charge is 0.403 e. The van der Waals surface area contributed by atoms with Crippen LogP contribution in [0, 0.1) is 5.92 Å². The molecule has 0 aliphatic carbocycles. The zero-order valence-corrected chi connectivity index (χ0v) is 7.50. The minimum absolute atomic E-state index is 0.0293. The normalized spacial score (nSPS) is 16.1.